The van der Waals surface area contributed by atoms with Crippen LogP contribution in [0.3, 0.4) is 0 Å². The maximum Gasteiger partial charge on any atom is 0.505 e. The van der Waals surface area contributed by atoms with Crippen LogP contribution in [0, 0.1) is 13.8 Å². The molecule has 0 bridgehead atoms. The molecule has 0 spiro atoms. The Morgan fingerprint density at radius 1 is 1.25 bits per heavy atom. The van der Waals surface area contributed by atoms with Crippen molar-refractivity contribution in [2.45, 2.75) is 18.7 Å². The average molecular weight is 245 g/mol. The Balaban J connectivity index is 2.62. The van der Waals surface area contributed by atoms with Gasteiger partial charge in [0.25, 0.3) is 0 Å². The lowest BCUT2D eigenvalue weighted by Crippen LogP contribution is -2.20. The van der Waals surface area contributed by atoms with E-state index < -0.39 is 12.4 Å². The van der Waals surface area contributed by atoms with Gasteiger partial charge in [-0.3, -0.25) is 0 Å². The first-order chi connectivity index (χ1) is 7.30. The third-order valence-electron chi connectivity index (χ3n) is 2.37. The van der Waals surface area contributed by atoms with Gasteiger partial charge in [0.15, 0.2) is 0 Å². The van der Waals surface area contributed by atoms with Crippen LogP contribution in [0.5, 0.6) is 0 Å². The molecule has 0 unspecified atom stereocenters. The Morgan fingerprint density at radius 3 is 2.38 bits per heavy atom. The summed E-state index contributed by atoms with van der Waals surface area (Å²) in [7, 11) is 0. The predicted octanol–water partition coefficient (Wildman–Crippen LogP) is 4.34. The van der Waals surface area contributed by atoms with Crippen molar-refractivity contribution in [3.8, 4) is 0 Å². The third kappa shape index (κ3) is 3.63. The summed E-state index contributed by atoms with van der Waals surface area (Å²) in [5, 5.41) is 0. The van der Waals surface area contributed by atoms with Crippen LogP contribution in [-0.4, -0.2) is 12.7 Å². The second-order valence-corrected chi connectivity index (χ2v) is 4.82. The molecular weight excluding hydrogens is 232 g/mol. The topological polar surface area (TPSA) is 0 Å². The molecule has 0 saturated heterocycles. The predicted molar refractivity (Wildman–Crippen MR) is 64.9 cm³/mol. The van der Waals surface area contributed by atoms with E-state index in [9.17, 15) is 12.9 Å². The van der Waals surface area contributed by atoms with Crippen molar-refractivity contribution in [2.24, 2.45) is 0 Å². The fraction of sp³-hybridized carbons (Fsp3) is 0.273. The number of hydrogen-bond acceptors (Lipinski definition) is 1. The second-order valence-electron chi connectivity index (χ2n) is 3.77. The molecule has 16 heavy (non-hydrogen) atoms. The third-order valence-corrected chi connectivity index (χ3v) is 3.47. The van der Waals surface area contributed by atoms with Gasteiger partial charge in [-0.05, 0) is 42.9 Å². The molecule has 0 aromatic heterocycles. The van der Waals surface area contributed by atoms with Gasteiger partial charge in [0.2, 0.25) is 0 Å². The van der Waals surface area contributed by atoms with E-state index in [4.69, 9.17) is 0 Å². The Hall–Kier alpha value is -0.835. The van der Waals surface area contributed by atoms with E-state index in [0.29, 0.717) is 0 Å². The summed E-state index contributed by atoms with van der Waals surface area (Å²) >= 11 is 1.17. The number of rotatable bonds is 4. The van der Waals surface area contributed by atoms with Gasteiger partial charge in [0.05, 0.1) is 0 Å². The van der Waals surface area contributed by atoms with Crippen molar-refractivity contribution in [3.63, 3.8) is 0 Å². The van der Waals surface area contributed by atoms with Gasteiger partial charge in [0.1, 0.15) is 0 Å². The van der Waals surface area contributed by atoms with Crippen LogP contribution in [0.1, 0.15) is 11.1 Å². The SMILES string of the molecule is C=C(CSc1ccc(C)c(C)c1)[B-](F)(F)F. The van der Waals surface area contributed by atoms with Gasteiger partial charge < -0.3 is 12.9 Å². The Kier molecular flexibility index (Phi) is 4.13. The number of halogens is 3. The normalized spacial score (nSPS) is 11.6. The maximum absolute atomic E-state index is 12.2. The highest BCUT2D eigenvalue weighted by Gasteiger charge is 2.26. The van der Waals surface area contributed by atoms with Crippen LogP contribution in [-0.2, 0) is 0 Å². The number of thioether (sulfide) groups is 1. The van der Waals surface area contributed by atoms with E-state index in [2.05, 4.69) is 6.58 Å². The van der Waals surface area contributed by atoms with Gasteiger partial charge in [0, 0.05) is 4.90 Å². The molecule has 1 aromatic rings. The van der Waals surface area contributed by atoms with E-state index in [-0.39, 0.29) is 5.75 Å². The number of benzene rings is 1. The number of aryl methyl sites for hydroxylation is 2. The zero-order chi connectivity index (χ0) is 12.3. The van der Waals surface area contributed by atoms with Gasteiger partial charge >= 0.3 is 6.98 Å². The summed E-state index contributed by atoms with van der Waals surface area (Å²) in [4.78, 5) is 0.851. The first-order valence-electron chi connectivity index (χ1n) is 4.88. The van der Waals surface area contributed by atoms with Crippen molar-refractivity contribution in [3.05, 3.63) is 41.4 Å². The summed E-state index contributed by atoms with van der Waals surface area (Å²) in [6.45, 7) is 2.08. The molecule has 0 fully saturated rings. The molecule has 5 heteroatoms. The summed E-state index contributed by atoms with van der Waals surface area (Å²) in [6, 6.07) is 5.65. The van der Waals surface area contributed by atoms with E-state index in [1.54, 1.807) is 0 Å². The molecule has 1 aromatic carbocycles. The Labute approximate surface area is 98.0 Å². The highest BCUT2D eigenvalue weighted by molar-refractivity contribution is 7.99. The summed E-state index contributed by atoms with van der Waals surface area (Å²) in [6.07, 6.45) is 0. The van der Waals surface area contributed by atoms with Crippen LogP contribution < -0.4 is 0 Å². The fourth-order valence-corrected chi connectivity index (χ4v) is 2.04. The molecule has 0 amide bonds. The molecule has 0 heterocycles. The first-order valence-corrected chi connectivity index (χ1v) is 5.87. The van der Waals surface area contributed by atoms with Gasteiger partial charge in [-0.25, -0.2) is 0 Å². The average Bonchev–Trinajstić information content (AvgIpc) is 2.18. The molecule has 0 aliphatic heterocycles. The van der Waals surface area contributed by atoms with Crippen molar-refractivity contribution in [1.82, 2.24) is 0 Å². The van der Waals surface area contributed by atoms with Gasteiger partial charge in [-0.1, -0.05) is 6.07 Å². The lowest BCUT2D eigenvalue weighted by molar-refractivity contribution is 0.491. The van der Waals surface area contributed by atoms with E-state index in [1.165, 1.54) is 11.8 Å². The lowest BCUT2D eigenvalue weighted by Gasteiger charge is -2.17. The molecular formula is C11H13BF3S-. The molecule has 0 nitrogen and oxygen atoms in total. The molecule has 0 atom stereocenters. The molecule has 0 N–H and O–H groups in total. The van der Waals surface area contributed by atoms with E-state index >= 15 is 0 Å². The molecule has 0 aliphatic rings. The highest BCUT2D eigenvalue weighted by Crippen LogP contribution is 2.27. The summed E-state index contributed by atoms with van der Waals surface area (Å²) in [5.41, 5.74) is 1.60. The minimum atomic E-state index is -4.90. The second kappa shape index (κ2) is 5.00. The van der Waals surface area contributed by atoms with E-state index in [0.717, 1.165) is 16.0 Å². The van der Waals surface area contributed by atoms with Crippen LogP contribution in [0.2, 0.25) is 0 Å². The van der Waals surface area contributed by atoms with Crippen molar-refractivity contribution in [2.75, 3.05) is 5.75 Å². The Morgan fingerprint density at radius 2 is 1.88 bits per heavy atom. The zero-order valence-corrected chi connectivity index (χ0v) is 10.1. The van der Waals surface area contributed by atoms with Gasteiger partial charge in [-0.15, -0.1) is 23.8 Å². The molecule has 88 valence electrons. The van der Waals surface area contributed by atoms with Crippen molar-refractivity contribution < 1.29 is 12.9 Å². The minimum Gasteiger partial charge on any atom is -0.445 e. The van der Waals surface area contributed by atoms with Gasteiger partial charge in [-0.2, -0.15) is 0 Å². The minimum absolute atomic E-state index is 0.0913. The maximum atomic E-state index is 12.2. The number of hydrogen-bond donors (Lipinski definition) is 0. The standard InChI is InChI=1S/C11H13BF3S/c1-8-4-5-11(6-9(8)2)16-7-10(3)12(13,14)15/h4-6H,3,7H2,1-2H3/q-1. The lowest BCUT2D eigenvalue weighted by atomic mass is 9.82. The van der Waals surface area contributed by atoms with Crippen LogP contribution in [0.15, 0.2) is 35.1 Å². The fourth-order valence-electron chi connectivity index (χ4n) is 1.07. The summed E-state index contributed by atoms with van der Waals surface area (Å²) in [5.74, 6) is -0.0913. The monoisotopic (exact) mass is 245 g/mol. The van der Waals surface area contributed by atoms with E-state index in [1.807, 2.05) is 32.0 Å². The van der Waals surface area contributed by atoms with Crippen LogP contribution in [0.4, 0.5) is 12.9 Å². The van der Waals surface area contributed by atoms with Crippen molar-refractivity contribution in [1.29, 1.82) is 0 Å². The molecule has 0 radical (unpaired) electrons. The largest absolute Gasteiger partial charge is 0.505 e. The Bertz CT molecular complexity index is 399. The molecule has 0 saturated carbocycles. The highest BCUT2D eigenvalue weighted by atomic mass is 32.2. The smallest absolute Gasteiger partial charge is 0.445 e. The quantitative estimate of drug-likeness (QED) is 0.561. The van der Waals surface area contributed by atoms with Crippen molar-refractivity contribution >= 4 is 18.7 Å². The molecule has 1 rings (SSSR count). The summed E-state index contributed by atoms with van der Waals surface area (Å²) < 4.78 is 36.7. The zero-order valence-electron chi connectivity index (χ0n) is 9.27. The first kappa shape index (κ1) is 13.2. The van der Waals surface area contributed by atoms with Crippen LogP contribution in [0.25, 0.3) is 0 Å². The van der Waals surface area contributed by atoms with Crippen LogP contribution >= 0.6 is 11.8 Å². The molecule has 0 aliphatic carbocycles.